The molecular weight excluding hydrogens is 264 g/mol. The van der Waals surface area contributed by atoms with Gasteiger partial charge < -0.3 is 0 Å². The average molecular weight is 311 g/mol. The van der Waals surface area contributed by atoms with E-state index in [0.29, 0.717) is 0 Å². The fourth-order valence-electron chi connectivity index (χ4n) is 3.43. The highest BCUT2D eigenvalue weighted by Gasteiger charge is 2.09. The molecule has 0 aromatic carbocycles. The highest BCUT2D eigenvalue weighted by atomic mass is 14.2. The van der Waals surface area contributed by atoms with Gasteiger partial charge in [-0.3, -0.25) is 0 Å². The zero-order chi connectivity index (χ0) is 16.5. The Hall–Kier alpha value is 0. The predicted molar refractivity (Wildman–Crippen MR) is 104 cm³/mol. The first-order valence-corrected chi connectivity index (χ1v) is 10.7. The first kappa shape index (κ1) is 22.0. The summed E-state index contributed by atoms with van der Waals surface area (Å²) in [6.07, 6.45) is 23.4. The van der Waals surface area contributed by atoms with Crippen LogP contribution < -0.4 is 0 Å². The van der Waals surface area contributed by atoms with Gasteiger partial charge in [-0.2, -0.15) is 0 Å². The zero-order valence-corrected chi connectivity index (χ0v) is 16.5. The van der Waals surface area contributed by atoms with Crippen molar-refractivity contribution in [2.75, 3.05) is 0 Å². The van der Waals surface area contributed by atoms with E-state index in [4.69, 9.17) is 0 Å². The SMILES string of the molecule is CCCCCCCCC(CCCCCCCC)CCC(C)C. The fraction of sp³-hybridized carbons (Fsp3) is 1.00. The molecule has 0 aliphatic heterocycles. The Kier molecular flexibility index (Phi) is 17.4. The van der Waals surface area contributed by atoms with E-state index in [1.165, 1.54) is 103 Å². The molecule has 0 heteroatoms. The largest absolute Gasteiger partial charge is 0.0654 e. The standard InChI is InChI=1S/C22H46/c1-5-7-9-11-13-15-17-22(20-19-21(3)4)18-16-14-12-10-8-6-2/h21-22H,5-20H2,1-4H3. The maximum absolute atomic E-state index is 2.38. The second-order valence-electron chi connectivity index (χ2n) is 7.95. The van der Waals surface area contributed by atoms with Gasteiger partial charge in [0, 0.05) is 0 Å². The molecule has 0 aromatic rings. The Balaban J connectivity index is 3.70. The molecule has 0 amide bonds. The van der Waals surface area contributed by atoms with Crippen molar-refractivity contribution in [1.82, 2.24) is 0 Å². The molecule has 0 N–H and O–H groups in total. The van der Waals surface area contributed by atoms with Crippen LogP contribution in [0.4, 0.5) is 0 Å². The van der Waals surface area contributed by atoms with Gasteiger partial charge in [0.1, 0.15) is 0 Å². The molecule has 22 heavy (non-hydrogen) atoms. The molecule has 134 valence electrons. The van der Waals surface area contributed by atoms with Crippen LogP contribution in [-0.4, -0.2) is 0 Å². The summed E-state index contributed by atoms with van der Waals surface area (Å²) in [4.78, 5) is 0. The van der Waals surface area contributed by atoms with Gasteiger partial charge in [-0.05, 0) is 11.8 Å². The predicted octanol–water partition coefficient (Wildman–Crippen LogP) is 8.54. The summed E-state index contributed by atoms with van der Waals surface area (Å²) in [7, 11) is 0. The Morgan fingerprint density at radius 2 is 0.864 bits per heavy atom. The smallest absolute Gasteiger partial charge is 0.0414 e. The van der Waals surface area contributed by atoms with Crippen LogP contribution in [0.2, 0.25) is 0 Å². The molecule has 0 rings (SSSR count). The van der Waals surface area contributed by atoms with Crippen molar-refractivity contribution in [3.05, 3.63) is 0 Å². The fourth-order valence-corrected chi connectivity index (χ4v) is 3.43. The summed E-state index contributed by atoms with van der Waals surface area (Å²) in [6.45, 7) is 9.38. The normalized spacial score (nSPS) is 11.7. The van der Waals surface area contributed by atoms with Crippen LogP contribution in [0.5, 0.6) is 0 Å². The summed E-state index contributed by atoms with van der Waals surface area (Å²) in [5.74, 6) is 1.91. The lowest BCUT2D eigenvalue weighted by molar-refractivity contribution is 0.352. The van der Waals surface area contributed by atoms with Crippen LogP contribution in [0.15, 0.2) is 0 Å². The molecule has 0 radical (unpaired) electrons. The summed E-state index contributed by atoms with van der Waals surface area (Å²) in [5, 5.41) is 0. The highest BCUT2D eigenvalue weighted by molar-refractivity contribution is 4.62. The van der Waals surface area contributed by atoms with E-state index < -0.39 is 0 Å². The Morgan fingerprint density at radius 3 is 1.27 bits per heavy atom. The van der Waals surface area contributed by atoms with Crippen LogP contribution in [0.3, 0.4) is 0 Å². The molecule has 0 unspecified atom stereocenters. The quantitative estimate of drug-likeness (QED) is 0.236. The molecule has 0 atom stereocenters. The van der Waals surface area contributed by atoms with Gasteiger partial charge in [-0.1, -0.05) is 130 Å². The first-order chi connectivity index (χ1) is 10.7. The van der Waals surface area contributed by atoms with E-state index >= 15 is 0 Å². The van der Waals surface area contributed by atoms with Crippen molar-refractivity contribution in [1.29, 1.82) is 0 Å². The van der Waals surface area contributed by atoms with Crippen molar-refractivity contribution in [3.8, 4) is 0 Å². The van der Waals surface area contributed by atoms with Crippen molar-refractivity contribution in [3.63, 3.8) is 0 Å². The minimum absolute atomic E-state index is 0.886. The van der Waals surface area contributed by atoms with Crippen LogP contribution in [0, 0.1) is 11.8 Å². The Morgan fingerprint density at radius 1 is 0.455 bits per heavy atom. The summed E-state index contributed by atoms with van der Waals surface area (Å²) < 4.78 is 0. The minimum Gasteiger partial charge on any atom is -0.0654 e. The number of hydrogen-bond donors (Lipinski definition) is 0. The topological polar surface area (TPSA) is 0 Å². The number of hydrogen-bond acceptors (Lipinski definition) is 0. The summed E-state index contributed by atoms with van der Waals surface area (Å²) >= 11 is 0. The van der Waals surface area contributed by atoms with E-state index in [1.54, 1.807) is 0 Å². The molecule has 0 spiro atoms. The number of unbranched alkanes of at least 4 members (excludes halogenated alkanes) is 10. The lowest BCUT2D eigenvalue weighted by atomic mass is 9.88. The van der Waals surface area contributed by atoms with E-state index in [9.17, 15) is 0 Å². The van der Waals surface area contributed by atoms with Gasteiger partial charge in [-0.25, -0.2) is 0 Å². The van der Waals surface area contributed by atoms with Gasteiger partial charge in [0.2, 0.25) is 0 Å². The molecule has 0 saturated heterocycles. The van der Waals surface area contributed by atoms with E-state index in [2.05, 4.69) is 27.7 Å². The van der Waals surface area contributed by atoms with Gasteiger partial charge >= 0.3 is 0 Å². The third kappa shape index (κ3) is 16.4. The van der Waals surface area contributed by atoms with Crippen LogP contribution in [0.1, 0.15) is 130 Å². The summed E-state index contributed by atoms with van der Waals surface area (Å²) in [5.41, 5.74) is 0. The highest BCUT2D eigenvalue weighted by Crippen LogP contribution is 2.25. The second-order valence-corrected chi connectivity index (χ2v) is 7.95. The van der Waals surface area contributed by atoms with Crippen LogP contribution in [-0.2, 0) is 0 Å². The molecule has 0 nitrogen and oxygen atoms in total. The minimum atomic E-state index is 0.886. The zero-order valence-electron chi connectivity index (χ0n) is 16.5. The monoisotopic (exact) mass is 310 g/mol. The van der Waals surface area contributed by atoms with Crippen LogP contribution in [0.25, 0.3) is 0 Å². The van der Waals surface area contributed by atoms with E-state index in [0.717, 1.165) is 11.8 Å². The number of rotatable bonds is 17. The molecule has 0 saturated carbocycles. The molecular formula is C22H46. The van der Waals surface area contributed by atoms with E-state index in [1.807, 2.05) is 0 Å². The second kappa shape index (κ2) is 17.4. The van der Waals surface area contributed by atoms with Crippen molar-refractivity contribution in [2.45, 2.75) is 130 Å². The van der Waals surface area contributed by atoms with Crippen molar-refractivity contribution >= 4 is 0 Å². The molecule has 0 aliphatic carbocycles. The van der Waals surface area contributed by atoms with Gasteiger partial charge in [-0.15, -0.1) is 0 Å². The lowest BCUT2D eigenvalue weighted by Gasteiger charge is -2.18. The van der Waals surface area contributed by atoms with Gasteiger partial charge in [0.15, 0.2) is 0 Å². The maximum Gasteiger partial charge on any atom is -0.0414 e. The molecule has 0 fully saturated rings. The lowest BCUT2D eigenvalue weighted by Crippen LogP contribution is -2.03. The van der Waals surface area contributed by atoms with Gasteiger partial charge in [0.25, 0.3) is 0 Å². The van der Waals surface area contributed by atoms with E-state index in [-0.39, 0.29) is 0 Å². The Bertz CT molecular complexity index is 178. The van der Waals surface area contributed by atoms with Crippen molar-refractivity contribution < 1.29 is 0 Å². The van der Waals surface area contributed by atoms with Gasteiger partial charge in [0.05, 0.1) is 0 Å². The molecule has 0 heterocycles. The summed E-state index contributed by atoms with van der Waals surface area (Å²) in [6, 6.07) is 0. The third-order valence-electron chi connectivity index (χ3n) is 5.08. The Labute approximate surface area is 142 Å². The van der Waals surface area contributed by atoms with Crippen molar-refractivity contribution in [2.24, 2.45) is 11.8 Å². The van der Waals surface area contributed by atoms with Crippen LogP contribution >= 0.6 is 0 Å². The molecule has 0 aromatic heterocycles. The molecule has 0 bridgehead atoms. The average Bonchev–Trinajstić information content (AvgIpc) is 2.50. The first-order valence-electron chi connectivity index (χ1n) is 10.7. The third-order valence-corrected chi connectivity index (χ3v) is 5.08. The maximum atomic E-state index is 2.38. The molecule has 0 aliphatic rings.